The minimum absolute atomic E-state index is 0.0136. The van der Waals surface area contributed by atoms with Gasteiger partial charge in [-0.2, -0.15) is 4.31 Å². The van der Waals surface area contributed by atoms with Gasteiger partial charge in [0.15, 0.2) is 6.54 Å². The van der Waals surface area contributed by atoms with Gasteiger partial charge in [0.1, 0.15) is 0 Å². The van der Waals surface area contributed by atoms with Crippen molar-refractivity contribution in [3.05, 3.63) is 35.9 Å². The van der Waals surface area contributed by atoms with Crippen LogP contribution in [0.25, 0.3) is 0 Å². The summed E-state index contributed by atoms with van der Waals surface area (Å²) in [5.74, 6) is -0.384. The molecule has 1 aliphatic rings. The average molecular weight is 355 g/mol. The lowest BCUT2D eigenvalue weighted by molar-refractivity contribution is -0.895. The Hall–Kier alpha value is -1.97. The number of sulfonamides is 1. The minimum atomic E-state index is -3.36. The first-order chi connectivity index (χ1) is 11.4. The zero-order valence-electron chi connectivity index (χ0n) is 13.6. The van der Waals surface area contributed by atoms with E-state index in [2.05, 4.69) is 10.6 Å². The minimum Gasteiger partial charge on any atom is -0.341 e. The molecule has 0 aliphatic carbocycles. The molecule has 1 fully saturated rings. The molecule has 1 aliphatic heterocycles. The number of urea groups is 1. The molecule has 0 atom stereocenters. The highest BCUT2D eigenvalue weighted by Crippen LogP contribution is 2.10. The molecule has 1 aromatic rings. The van der Waals surface area contributed by atoms with Crippen LogP contribution in [0, 0.1) is 0 Å². The van der Waals surface area contributed by atoms with Gasteiger partial charge in [0, 0.05) is 7.05 Å². The van der Waals surface area contributed by atoms with Gasteiger partial charge in [-0.15, -0.1) is 0 Å². The van der Waals surface area contributed by atoms with Gasteiger partial charge in [-0.3, -0.25) is 10.1 Å². The number of nitrogens with zero attached hydrogens (tertiary/aromatic N) is 1. The highest BCUT2D eigenvalue weighted by molar-refractivity contribution is 7.88. The lowest BCUT2D eigenvalue weighted by Crippen LogP contribution is -3.15. The van der Waals surface area contributed by atoms with Crippen LogP contribution >= 0.6 is 0 Å². The quantitative estimate of drug-likeness (QED) is 0.579. The molecule has 2 rings (SSSR count). The van der Waals surface area contributed by atoms with Gasteiger partial charge in [-0.05, 0) is 5.56 Å². The van der Waals surface area contributed by atoms with Gasteiger partial charge in [-0.25, -0.2) is 13.2 Å². The molecule has 0 bridgehead atoms. The molecule has 0 spiro atoms. The molecule has 9 heteroatoms. The number of benzene rings is 1. The summed E-state index contributed by atoms with van der Waals surface area (Å²) >= 11 is 0. The number of quaternary nitrogens is 1. The largest absolute Gasteiger partial charge is 0.341 e. The first-order valence-corrected chi connectivity index (χ1v) is 9.38. The number of hydrogen-bond donors (Lipinski definition) is 3. The van der Waals surface area contributed by atoms with Gasteiger partial charge < -0.3 is 10.2 Å². The van der Waals surface area contributed by atoms with Gasteiger partial charge in [0.25, 0.3) is 5.91 Å². The molecule has 1 heterocycles. The van der Waals surface area contributed by atoms with E-state index in [1.807, 2.05) is 18.2 Å². The van der Waals surface area contributed by atoms with E-state index in [0.717, 1.165) is 10.5 Å². The fraction of sp³-hybridized carbons (Fsp3) is 0.467. The molecule has 3 N–H and O–H groups in total. The van der Waals surface area contributed by atoms with Crippen molar-refractivity contribution >= 4 is 22.0 Å². The maximum atomic E-state index is 12.5. The van der Waals surface area contributed by atoms with Crippen LogP contribution in [0.1, 0.15) is 5.56 Å². The molecule has 3 amide bonds. The summed E-state index contributed by atoms with van der Waals surface area (Å²) in [6.07, 6.45) is 0. The zero-order valence-corrected chi connectivity index (χ0v) is 14.4. The molecule has 132 valence electrons. The molecule has 24 heavy (non-hydrogen) atoms. The molecule has 8 nitrogen and oxygen atoms in total. The second kappa shape index (κ2) is 8.22. The monoisotopic (exact) mass is 355 g/mol. The maximum Gasteiger partial charge on any atom is 0.321 e. The van der Waals surface area contributed by atoms with Crippen molar-refractivity contribution in [1.29, 1.82) is 0 Å². The maximum absolute atomic E-state index is 12.5. The second-order valence-electron chi connectivity index (χ2n) is 5.69. The second-order valence-corrected chi connectivity index (χ2v) is 7.66. The fourth-order valence-corrected chi connectivity index (χ4v) is 4.13. The third kappa shape index (κ3) is 5.29. The van der Waals surface area contributed by atoms with Gasteiger partial charge >= 0.3 is 6.03 Å². The molecule has 1 saturated heterocycles. The number of nitrogens with one attached hydrogen (secondary N) is 3. The van der Waals surface area contributed by atoms with Crippen molar-refractivity contribution < 1.29 is 22.9 Å². The van der Waals surface area contributed by atoms with Crippen molar-refractivity contribution in [2.75, 3.05) is 39.8 Å². The molecular formula is C15H23N4O4S+. The Kier molecular flexibility index (Phi) is 6.29. The van der Waals surface area contributed by atoms with E-state index in [9.17, 15) is 18.0 Å². The number of piperazine rings is 1. The SMILES string of the molecule is CNC(=O)NC(=O)C[NH+]1CCN(S(=O)(=O)Cc2ccccc2)CC1. The third-order valence-corrected chi connectivity index (χ3v) is 5.76. The first-order valence-electron chi connectivity index (χ1n) is 7.77. The number of carbonyl (C=O) groups is 2. The van der Waals surface area contributed by atoms with Crippen molar-refractivity contribution in [2.24, 2.45) is 0 Å². The van der Waals surface area contributed by atoms with E-state index in [1.165, 1.54) is 11.4 Å². The van der Waals surface area contributed by atoms with Crippen LogP contribution < -0.4 is 15.5 Å². The summed E-state index contributed by atoms with van der Waals surface area (Å²) in [5.41, 5.74) is 0.761. The van der Waals surface area contributed by atoms with Crippen LogP contribution in [0.3, 0.4) is 0 Å². The van der Waals surface area contributed by atoms with Crippen molar-refractivity contribution in [2.45, 2.75) is 5.75 Å². The lowest BCUT2D eigenvalue weighted by Gasteiger charge is -2.31. The molecule has 0 saturated carbocycles. The van der Waals surface area contributed by atoms with E-state index in [1.54, 1.807) is 12.1 Å². The smallest absolute Gasteiger partial charge is 0.321 e. The predicted octanol–water partition coefficient (Wildman–Crippen LogP) is -1.83. The van der Waals surface area contributed by atoms with Crippen LogP contribution in [0.2, 0.25) is 0 Å². The molecule has 0 radical (unpaired) electrons. The predicted molar refractivity (Wildman–Crippen MR) is 88.8 cm³/mol. The lowest BCUT2D eigenvalue weighted by atomic mass is 10.2. The average Bonchev–Trinajstić information content (AvgIpc) is 2.55. The van der Waals surface area contributed by atoms with Crippen LogP contribution in [0.5, 0.6) is 0 Å². The molecule has 1 aromatic carbocycles. The van der Waals surface area contributed by atoms with Crippen molar-refractivity contribution in [3.63, 3.8) is 0 Å². The number of amides is 3. The van der Waals surface area contributed by atoms with E-state index >= 15 is 0 Å². The summed E-state index contributed by atoms with van der Waals surface area (Å²) in [7, 11) is -1.92. The summed E-state index contributed by atoms with van der Waals surface area (Å²) in [4.78, 5) is 23.7. The zero-order chi connectivity index (χ0) is 17.6. The Bertz CT molecular complexity index is 670. The van der Waals surface area contributed by atoms with Gasteiger partial charge in [-0.1, -0.05) is 30.3 Å². The summed E-state index contributed by atoms with van der Waals surface area (Å²) < 4.78 is 26.4. The Morgan fingerprint density at radius 1 is 1.17 bits per heavy atom. The standard InChI is InChI=1S/C15H22N4O4S/c1-16-15(21)17-14(20)11-18-7-9-19(10-8-18)24(22,23)12-13-5-3-2-4-6-13/h2-6H,7-12H2,1H3,(H2,16,17,20,21)/p+1. The number of hydrogen-bond acceptors (Lipinski definition) is 4. The van der Waals surface area contributed by atoms with Crippen LogP contribution in [-0.2, 0) is 20.6 Å². The molecular weight excluding hydrogens is 332 g/mol. The van der Waals surface area contributed by atoms with Crippen molar-refractivity contribution in [1.82, 2.24) is 14.9 Å². The first kappa shape index (κ1) is 18.4. The number of carbonyl (C=O) groups excluding carboxylic acids is 2. The Labute approximate surface area is 141 Å². The van der Waals surface area contributed by atoms with Crippen LogP contribution in [-0.4, -0.2) is 64.4 Å². The summed E-state index contributed by atoms with van der Waals surface area (Å²) in [6, 6.07) is 8.53. The molecule has 0 unspecified atom stereocenters. The van der Waals surface area contributed by atoms with Crippen molar-refractivity contribution in [3.8, 4) is 0 Å². The van der Waals surface area contributed by atoms with Crippen LogP contribution in [0.15, 0.2) is 30.3 Å². The van der Waals surface area contributed by atoms with E-state index in [-0.39, 0.29) is 18.2 Å². The summed E-state index contributed by atoms with van der Waals surface area (Å²) in [5, 5.41) is 4.52. The third-order valence-electron chi connectivity index (χ3n) is 3.91. The van der Waals surface area contributed by atoms with Crippen LogP contribution in [0.4, 0.5) is 4.79 Å². The summed E-state index contributed by atoms with van der Waals surface area (Å²) in [6.45, 7) is 1.97. The molecule has 0 aromatic heterocycles. The normalized spacial score (nSPS) is 16.5. The van der Waals surface area contributed by atoms with Gasteiger partial charge in [0.2, 0.25) is 10.0 Å². The number of rotatable bonds is 5. The highest BCUT2D eigenvalue weighted by atomic mass is 32.2. The van der Waals surface area contributed by atoms with Gasteiger partial charge in [0.05, 0.1) is 31.9 Å². The van der Waals surface area contributed by atoms with E-state index in [4.69, 9.17) is 0 Å². The Morgan fingerprint density at radius 2 is 1.79 bits per heavy atom. The highest BCUT2D eigenvalue weighted by Gasteiger charge is 2.30. The van der Waals surface area contributed by atoms with E-state index < -0.39 is 16.1 Å². The Balaban J connectivity index is 1.83. The number of imide groups is 1. The topological polar surface area (TPSA) is 100 Å². The fourth-order valence-electron chi connectivity index (χ4n) is 2.59. The van der Waals surface area contributed by atoms with E-state index in [0.29, 0.717) is 26.2 Å². The Morgan fingerprint density at radius 3 is 2.38 bits per heavy atom.